The van der Waals surface area contributed by atoms with Crippen molar-refractivity contribution in [2.75, 3.05) is 59.3 Å². The van der Waals surface area contributed by atoms with Crippen molar-refractivity contribution in [1.29, 1.82) is 0 Å². The Morgan fingerprint density at radius 1 is 1.11 bits per heavy atom. The van der Waals surface area contributed by atoms with Gasteiger partial charge in [0.2, 0.25) is 11.8 Å². The van der Waals surface area contributed by atoms with Crippen LogP contribution in [0.5, 0.6) is 0 Å². The van der Waals surface area contributed by atoms with Gasteiger partial charge in [-0.2, -0.15) is 0 Å². The lowest BCUT2D eigenvalue weighted by molar-refractivity contribution is -0.119. The Bertz CT molecular complexity index is 1140. The molecule has 1 atom stereocenters. The van der Waals surface area contributed by atoms with E-state index in [1.54, 1.807) is 18.2 Å². The molecule has 0 aliphatic carbocycles. The fraction of sp³-hybridized carbons (Fsp3) is 0.409. The van der Waals surface area contributed by atoms with Gasteiger partial charge in [0.25, 0.3) is 0 Å². The third-order valence-corrected chi connectivity index (χ3v) is 5.97. The number of anilines is 4. The van der Waals surface area contributed by atoms with Crippen LogP contribution in [0.2, 0.25) is 5.15 Å². The largest absolute Gasteiger partial charge is 0.442 e. The van der Waals surface area contributed by atoms with E-state index in [-0.39, 0.29) is 30.1 Å². The Balaban J connectivity index is 1.39. The molecule has 3 amide bonds. The number of nitrogens with zero attached hydrogens (tertiary/aromatic N) is 5. The van der Waals surface area contributed by atoms with Gasteiger partial charge in [0, 0.05) is 46.1 Å². The van der Waals surface area contributed by atoms with Crippen LogP contribution in [-0.2, 0) is 14.3 Å². The van der Waals surface area contributed by atoms with Crippen molar-refractivity contribution in [3.63, 3.8) is 0 Å². The number of nitrogens with one attached hydrogen (secondary N) is 2. The van der Waals surface area contributed by atoms with E-state index < -0.39 is 18.0 Å². The molecule has 2 N–H and O–H groups in total. The molecule has 2 saturated heterocycles. The summed E-state index contributed by atoms with van der Waals surface area (Å²) in [5.74, 6) is -0.366. The van der Waals surface area contributed by atoms with Gasteiger partial charge in [0.05, 0.1) is 30.2 Å². The molecular weight excluding hydrogens is 481 g/mol. The first-order valence-electron chi connectivity index (χ1n) is 11.0. The molecule has 2 aromatic rings. The van der Waals surface area contributed by atoms with E-state index in [1.165, 1.54) is 24.8 Å². The van der Waals surface area contributed by atoms with Crippen LogP contribution < -0.4 is 25.3 Å². The third kappa shape index (κ3) is 5.70. The van der Waals surface area contributed by atoms with Gasteiger partial charge >= 0.3 is 6.09 Å². The van der Waals surface area contributed by atoms with Crippen molar-refractivity contribution in [2.24, 2.45) is 0 Å². The predicted octanol–water partition coefficient (Wildman–Crippen LogP) is 2.02. The second-order valence-corrected chi connectivity index (χ2v) is 8.61. The molecule has 0 saturated carbocycles. The molecule has 2 aliphatic heterocycles. The van der Waals surface area contributed by atoms with Gasteiger partial charge in [0.15, 0.2) is 11.0 Å². The summed E-state index contributed by atoms with van der Waals surface area (Å²) in [6.07, 6.45) is -1.08. The van der Waals surface area contributed by atoms with E-state index >= 15 is 4.39 Å². The number of aromatic nitrogens is 2. The second-order valence-electron chi connectivity index (χ2n) is 8.25. The number of carbonyl (C=O) groups is 3. The van der Waals surface area contributed by atoms with Gasteiger partial charge in [-0.3, -0.25) is 14.5 Å². The lowest BCUT2D eigenvalue weighted by atomic mass is 10.2. The molecule has 11 nitrogen and oxygen atoms in total. The summed E-state index contributed by atoms with van der Waals surface area (Å²) in [6.45, 7) is 5.36. The highest BCUT2D eigenvalue weighted by atomic mass is 35.5. The van der Waals surface area contributed by atoms with Crippen molar-refractivity contribution in [2.45, 2.75) is 20.0 Å². The summed E-state index contributed by atoms with van der Waals surface area (Å²) in [5, 5.41) is 13.3. The lowest BCUT2D eigenvalue weighted by Gasteiger charge is -2.36. The number of cyclic esters (lactones) is 1. The molecule has 186 valence electrons. The molecule has 1 aromatic heterocycles. The standard InChI is InChI=1S/C22H25ClFN7O4/c1-13(32)25-11-16-12-31(22(34)35-16)15-3-4-19(17(24)9-15)29-5-7-30(8-6-29)20-10-18(26-14(2)33)21(23)28-27-20/h3-4,9-10,16H,5-8,11-12H2,1-2H3,(H,25,32)(H,26,27,33)/t16-/m0/s1. The summed E-state index contributed by atoms with van der Waals surface area (Å²) in [7, 11) is 0. The number of ether oxygens (including phenoxy) is 1. The molecule has 0 bridgehead atoms. The topological polar surface area (TPSA) is 120 Å². The van der Waals surface area contributed by atoms with Gasteiger partial charge in [-0.25, -0.2) is 9.18 Å². The Morgan fingerprint density at radius 3 is 2.49 bits per heavy atom. The van der Waals surface area contributed by atoms with Crippen molar-refractivity contribution in [3.05, 3.63) is 35.2 Å². The molecule has 35 heavy (non-hydrogen) atoms. The molecule has 13 heteroatoms. The van der Waals surface area contributed by atoms with Crippen molar-refractivity contribution < 1.29 is 23.5 Å². The van der Waals surface area contributed by atoms with Gasteiger partial charge in [-0.05, 0) is 18.2 Å². The van der Waals surface area contributed by atoms with E-state index in [0.717, 1.165) is 0 Å². The summed E-state index contributed by atoms with van der Waals surface area (Å²) in [6, 6.07) is 6.30. The number of benzene rings is 1. The number of carbonyl (C=O) groups excluding carboxylic acids is 3. The average molecular weight is 506 g/mol. The predicted molar refractivity (Wildman–Crippen MR) is 128 cm³/mol. The second kappa shape index (κ2) is 10.3. The highest BCUT2D eigenvalue weighted by Gasteiger charge is 2.33. The Labute approximate surface area is 206 Å². The van der Waals surface area contributed by atoms with Crippen molar-refractivity contribution in [3.8, 4) is 0 Å². The lowest BCUT2D eigenvalue weighted by Crippen LogP contribution is -2.47. The minimum Gasteiger partial charge on any atom is -0.442 e. The normalized spacial score (nSPS) is 17.9. The van der Waals surface area contributed by atoms with Gasteiger partial charge in [0.1, 0.15) is 11.9 Å². The van der Waals surface area contributed by atoms with E-state index in [1.807, 2.05) is 9.80 Å². The molecule has 2 aliphatic rings. The quantitative estimate of drug-likeness (QED) is 0.612. The SMILES string of the molecule is CC(=O)NC[C@H]1CN(c2ccc(N3CCN(c4cc(NC(C)=O)c(Cl)nn4)CC3)c(F)c2)C(=O)O1. The van der Waals surface area contributed by atoms with Crippen LogP contribution in [0.4, 0.5) is 32.1 Å². The highest BCUT2D eigenvalue weighted by Crippen LogP contribution is 2.29. The maximum atomic E-state index is 15.0. The highest BCUT2D eigenvalue weighted by molar-refractivity contribution is 6.32. The fourth-order valence-electron chi connectivity index (χ4n) is 3.99. The number of hydrogen-bond donors (Lipinski definition) is 2. The van der Waals surface area contributed by atoms with Crippen LogP contribution in [0, 0.1) is 5.82 Å². The molecule has 3 heterocycles. The number of rotatable bonds is 6. The van der Waals surface area contributed by atoms with Gasteiger partial charge in [-0.15, -0.1) is 10.2 Å². The smallest absolute Gasteiger partial charge is 0.414 e. The molecule has 2 fully saturated rings. The van der Waals surface area contributed by atoms with Gasteiger partial charge < -0.3 is 25.2 Å². The molecular formula is C22H25ClFN7O4. The van der Waals surface area contributed by atoms with Crippen LogP contribution in [-0.4, -0.2) is 73.5 Å². The number of piperazine rings is 1. The average Bonchev–Trinajstić information content (AvgIpc) is 3.19. The number of halogens is 2. The molecule has 4 rings (SSSR count). The molecule has 0 spiro atoms. The van der Waals surface area contributed by atoms with E-state index in [0.29, 0.717) is 49.1 Å². The van der Waals surface area contributed by atoms with Crippen molar-refractivity contribution in [1.82, 2.24) is 15.5 Å². The van der Waals surface area contributed by atoms with Crippen LogP contribution >= 0.6 is 11.6 Å². The van der Waals surface area contributed by atoms with Crippen molar-refractivity contribution >= 4 is 52.4 Å². The van der Waals surface area contributed by atoms with Crippen LogP contribution in [0.15, 0.2) is 24.3 Å². The Hall–Kier alpha value is -3.67. The van der Waals surface area contributed by atoms with Gasteiger partial charge in [-0.1, -0.05) is 11.6 Å². The fourth-order valence-corrected chi connectivity index (χ4v) is 4.13. The zero-order valence-electron chi connectivity index (χ0n) is 19.3. The monoisotopic (exact) mass is 505 g/mol. The Morgan fingerprint density at radius 2 is 1.83 bits per heavy atom. The summed E-state index contributed by atoms with van der Waals surface area (Å²) >= 11 is 6.00. The zero-order valence-corrected chi connectivity index (χ0v) is 20.0. The van der Waals surface area contributed by atoms with Crippen LogP contribution in [0.1, 0.15) is 13.8 Å². The number of amides is 3. The summed E-state index contributed by atoms with van der Waals surface area (Å²) in [5.41, 5.74) is 1.20. The van der Waals surface area contributed by atoms with Crippen LogP contribution in [0.25, 0.3) is 0 Å². The Kier molecular flexibility index (Phi) is 7.20. The third-order valence-electron chi connectivity index (χ3n) is 5.69. The first kappa shape index (κ1) is 24.5. The molecule has 1 aromatic carbocycles. The number of hydrogen-bond acceptors (Lipinski definition) is 8. The van der Waals surface area contributed by atoms with E-state index in [4.69, 9.17) is 16.3 Å². The summed E-state index contributed by atoms with van der Waals surface area (Å²) < 4.78 is 20.3. The first-order chi connectivity index (χ1) is 16.7. The minimum absolute atomic E-state index is 0.105. The van der Waals surface area contributed by atoms with E-state index in [2.05, 4.69) is 20.8 Å². The molecule has 0 radical (unpaired) electrons. The molecule has 0 unspecified atom stereocenters. The summed E-state index contributed by atoms with van der Waals surface area (Å²) in [4.78, 5) is 39.9. The van der Waals surface area contributed by atoms with E-state index in [9.17, 15) is 14.4 Å². The van der Waals surface area contributed by atoms with Crippen LogP contribution in [0.3, 0.4) is 0 Å². The zero-order chi connectivity index (χ0) is 25.1. The first-order valence-corrected chi connectivity index (χ1v) is 11.4. The maximum absolute atomic E-state index is 15.0. The maximum Gasteiger partial charge on any atom is 0.414 e. The minimum atomic E-state index is -0.580.